The second kappa shape index (κ2) is 7.25. The van der Waals surface area contributed by atoms with E-state index in [-0.39, 0.29) is 17.7 Å². The zero-order valence-corrected chi connectivity index (χ0v) is 12.9. The van der Waals surface area contributed by atoms with Crippen LogP contribution in [0.1, 0.15) is 43.2 Å². The molecule has 2 amide bonds. The fraction of sp³-hybridized carbons (Fsp3) is 0.529. The lowest BCUT2D eigenvalue weighted by Gasteiger charge is -2.11. The molecule has 21 heavy (non-hydrogen) atoms. The number of aryl methyl sites for hydroxylation is 2. The van der Waals surface area contributed by atoms with Gasteiger partial charge in [-0.3, -0.25) is 9.59 Å². The Hall–Kier alpha value is -1.84. The van der Waals surface area contributed by atoms with Crippen molar-refractivity contribution in [3.8, 4) is 0 Å². The van der Waals surface area contributed by atoms with Crippen LogP contribution in [0.3, 0.4) is 0 Å². The molecule has 0 saturated heterocycles. The molecule has 0 atom stereocenters. The van der Waals surface area contributed by atoms with Crippen LogP contribution in [0.2, 0.25) is 0 Å². The molecule has 2 N–H and O–H groups in total. The first-order valence-electron chi connectivity index (χ1n) is 7.71. The zero-order valence-electron chi connectivity index (χ0n) is 12.9. The summed E-state index contributed by atoms with van der Waals surface area (Å²) in [5, 5.41) is 5.77. The van der Waals surface area contributed by atoms with Gasteiger partial charge in [-0.15, -0.1) is 0 Å². The standard InChI is InChI=1S/C17H24N2O2/c1-12-7-8-13(2)15(11-12)19-16(20)9-10-18-17(21)14-5-3-4-6-14/h7-8,11,14H,3-6,9-10H2,1-2H3,(H,18,21)(H,19,20). The average molecular weight is 288 g/mol. The van der Waals surface area contributed by atoms with Gasteiger partial charge in [0.15, 0.2) is 0 Å². The fourth-order valence-electron chi connectivity index (χ4n) is 2.71. The lowest BCUT2D eigenvalue weighted by molar-refractivity contribution is -0.124. The molecular weight excluding hydrogens is 264 g/mol. The van der Waals surface area contributed by atoms with Crippen LogP contribution in [0, 0.1) is 19.8 Å². The molecule has 0 aromatic heterocycles. The third-order valence-corrected chi connectivity index (χ3v) is 4.04. The van der Waals surface area contributed by atoms with Crippen LogP contribution in [0.15, 0.2) is 18.2 Å². The van der Waals surface area contributed by atoms with Gasteiger partial charge in [-0.25, -0.2) is 0 Å². The molecule has 4 nitrogen and oxygen atoms in total. The van der Waals surface area contributed by atoms with E-state index in [1.54, 1.807) is 0 Å². The number of anilines is 1. The molecule has 1 aliphatic rings. The summed E-state index contributed by atoms with van der Waals surface area (Å²) in [6, 6.07) is 5.98. The van der Waals surface area contributed by atoms with E-state index in [2.05, 4.69) is 10.6 Å². The zero-order chi connectivity index (χ0) is 15.2. The van der Waals surface area contributed by atoms with Crippen LogP contribution in [0.25, 0.3) is 0 Å². The van der Waals surface area contributed by atoms with Crippen molar-refractivity contribution in [1.29, 1.82) is 0 Å². The highest BCUT2D eigenvalue weighted by molar-refractivity contribution is 5.92. The second-order valence-electron chi connectivity index (χ2n) is 5.89. The van der Waals surface area contributed by atoms with Gasteiger partial charge in [0.25, 0.3) is 0 Å². The third kappa shape index (κ3) is 4.59. The summed E-state index contributed by atoms with van der Waals surface area (Å²) < 4.78 is 0. The van der Waals surface area contributed by atoms with E-state index in [4.69, 9.17) is 0 Å². The minimum Gasteiger partial charge on any atom is -0.355 e. The number of rotatable bonds is 5. The predicted octanol–water partition coefficient (Wildman–Crippen LogP) is 2.94. The van der Waals surface area contributed by atoms with Gasteiger partial charge in [-0.2, -0.15) is 0 Å². The maximum absolute atomic E-state index is 11.9. The largest absolute Gasteiger partial charge is 0.355 e. The molecule has 1 aromatic carbocycles. The Morgan fingerprint density at radius 2 is 1.90 bits per heavy atom. The summed E-state index contributed by atoms with van der Waals surface area (Å²) in [4.78, 5) is 23.8. The Kier molecular flexibility index (Phi) is 5.37. The average Bonchev–Trinajstić information content (AvgIpc) is 2.97. The molecule has 114 valence electrons. The number of hydrogen-bond acceptors (Lipinski definition) is 2. The normalized spacial score (nSPS) is 15.0. The van der Waals surface area contributed by atoms with Crippen LogP contribution >= 0.6 is 0 Å². The van der Waals surface area contributed by atoms with Crippen LogP contribution in [-0.2, 0) is 9.59 Å². The maximum atomic E-state index is 11.9. The van der Waals surface area contributed by atoms with E-state index in [0.717, 1.165) is 42.5 Å². The van der Waals surface area contributed by atoms with Crippen molar-refractivity contribution >= 4 is 17.5 Å². The van der Waals surface area contributed by atoms with Gasteiger partial charge < -0.3 is 10.6 Å². The van der Waals surface area contributed by atoms with Crippen molar-refractivity contribution in [2.75, 3.05) is 11.9 Å². The summed E-state index contributed by atoms with van der Waals surface area (Å²) in [6.07, 6.45) is 4.57. The first kappa shape index (κ1) is 15.5. The summed E-state index contributed by atoms with van der Waals surface area (Å²) >= 11 is 0. The molecule has 0 heterocycles. The minimum absolute atomic E-state index is 0.0598. The summed E-state index contributed by atoms with van der Waals surface area (Å²) in [5.41, 5.74) is 3.01. The van der Waals surface area contributed by atoms with Crippen molar-refractivity contribution in [3.05, 3.63) is 29.3 Å². The Bertz CT molecular complexity index is 520. The van der Waals surface area contributed by atoms with E-state index in [1.165, 1.54) is 0 Å². The van der Waals surface area contributed by atoms with Gasteiger partial charge in [0.05, 0.1) is 0 Å². The van der Waals surface area contributed by atoms with Crippen molar-refractivity contribution < 1.29 is 9.59 Å². The molecule has 1 fully saturated rings. The maximum Gasteiger partial charge on any atom is 0.226 e. The molecule has 0 bridgehead atoms. The molecule has 1 aliphatic carbocycles. The molecular formula is C17H24N2O2. The molecule has 2 rings (SSSR count). The van der Waals surface area contributed by atoms with Gasteiger partial charge in [0.2, 0.25) is 11.8 Å². The monoisotopic (exact) mass is 288 g/mol. The lowest BCUT2D eigenvalue weighted by Crippen LogP contribution is -2.32. The van der Waals surface area contributed by atoms with Gasteiger partial charge in [-0.05, 0) is 43.9 Å². The van der Waals surface area contributed by atoms with Crippen LogP contribution < -0.4 is 10.6 Å². The van der Waals surface area contributed by atoms with E-state index in [9.17, 15) is 9.59 Å². The quantitative estimate of drug-likeness (QED) is 0.875. The molecule has 1 aromatic rings. The Labute approximate surface area is 126 Å². The topological polar surface area (TPSA) is 58.2 Å². The SMILES string of the molecule is Cc1ccc(C)c(NC(=O)CCNC(=O)C2CCCC2)c1. The molecule has 4 heteroatoms. The molecule has 0 aliphatic heterocycles. The van der Waals surface area contributed by atoms with Gasteiger partial charge in [-0.1, -0.05) is 25.0 Å². The first-order chi connectivity index (χ1) is 10.1. The highest BCUT2D eigenvalue weighted by Crippen LogP contribution is 2.24. The summed E-state index contributed by atoms with van der Waals surface area (Å²) in [6.45, 7) is 4.37. The van der Waals surface area contributed by atoms with Gasteiger partial charge in [0, 0.05) is 24.6 Å². The van der Waals surface area contributed by atoms with Crippen LogP contribution in [0.5, 0.6) is 0 Å². The number of amides is 2. The van der Waals surface area contributed by atoms with E-state index in [1.807, 2.05) is 32.0 Å². The number of nitrogens with one attached hydrogen (secondary N) is 2. The summed E-state index contributed by atoms with van der Waals surface area (Å²) in [7, 11) is 0. The van der Waals surface area contributed by atoms with Crippen LogP contribution in [0.4, 0.5) is 5.69 Å². The number of benzene rings is 1. The lowest BCUT2D eigenvalue weighted by atomic mass is 10.1. The number of hydrogen-bond donors (Lipinski definition) is 2. The second-order valence-corrected chi connectivity index (χ2v) is 5.89. The highest BCUT2D eigenvalue weighted by Gasteiger charge is 2.22. The molecule has 0 spiro atoms. The molecule has 0 unspecified atom stereocenters. The predicted molar refractivity (Wildman–Crippen MR) is 84.1 cm³/mol. The van der Waals surface area contributed by atoms with E-state index >= 15 is 0 Å². The van der Waals surface area contributed by atoms with Gasteiger partial charge in [0.1, 0.15) is 0 Å². The van der Waals surface area contributed by atoms with Gasteiger partial charge >= 0.3 is 0 Å². The Morgan fingerprint density at radius 1 is 1.19 bits per heavy atom. The van der Waals surface area contributed by atoms with E-state index < -0.39 is 0 Å². The fourth-order valence-corrected chi connectivity index (χ4v) is 2.71. The number of carbonyl (C=O) groups excluding carboxylic acids is 2. The van der Waals surface area contributed by atoms with Crippen molar-refractivity contribution in [2.45, 2.75) is 46.0 Å². The molecule has 0 radical (unpaired) electrons. The summed E-state index contributed by atoms with van der Waals surface area (Å²) in [5.74, 6) is 0.203. The van der Waals surface area contributed by atoms with Crippen molar-refractivity contribution in [2.24, 2.45) is 5.92 Å². The first-order valence-corrected chi connectivity index (χ1v) is 7.71. The van der Waals surface area contributed by atoms with Crippen LogP contribution in [-0.4, -0.2) is 18.4 Å². The Morgan fingerprint density at radius 3 is 2.62 bits per heavy atom. The smallest absolute Gasteiger partial charge is 0.226 e. The molecule has 1 saturated carbocycles. The highest BCUT2D eigenvalue weighted by atomic mass is 16.2. The van der Waals surface area contributed by atoms with Crippen molar-refractivity contribution in [1.82, 2.24) is 5.32 Å². The number of carbonyl (C=O) groups is 2. The minimum atomic E-state index is -0.0598. The van der Waals surface area contributed by atoms with E-state index in [0.29, 0.717) is 13.0 Å². The third-order valence-electron chi connectivity index (χ3n) is 4.04. The Balaban J connectivity index is 1.74. The van der Waals surface area contributed by atoms with Crippen molar-refractivity contribution in [3.63, 3.8) is 0 Å².